The van der Waals surface area contributed by atoms with E-state index in [0.29, 0.717) is 0 Å². The van der Waals surface area contributed by atoms with Gasteiger partial charge in [0.15, 0.2) is 0 Å². The molecule has 12 heteroatoms. The number of rotatable bonds is 5. The highest BCUT2D eigenvalue weighted by atomic mass is 35.5. The summed E-state index contributed by atoms with van der Waals surface area (Å²) >= 11 is 4.91. The first kappa shape index (κ1) is 17.8. The minimum absolute atomic E-state index is 0.475. The Hall–Kier alpha value is -0.250. The lowest BCUT2D eigenvalue weighted by Gasteiger charge is -2.12. The van der Waals surface area contributed by atoms with Gasteiger partial charge >= 0.3 is 5.51 Å². The van der Waals surface area contributed by atoms with Crippen molar-refractivity contribution in [3.63, 3.8) is 0 Å². The van der Waals surface area contributed by atoms with Crippen LogP contribution in [0.25, 0.3) is 0 Å². The summed E-state index contributed by atoms with van der Waals surface area (Å²) in [5.74, 6) is 0. The van der Waals surface area contributed by atoms with Crippen molar-refractivity contribution in [2.45, 2.75) is 15.3 Å². The Morgan fingerprint density at radius 2 is 2.00 bits per heavy atom. The average Bonchev–Trinajstić information content (AvgIpc) is 2.24. The number of thioether (sulfide) groups is 1. The van der Waals surface area contributed by atoms with E-state index in [-0.39, 0.29) is 0 Å². The van der Waals surface area contributed by atoms with Crippen LogP contribution in [0.1, 0.15) is 0 Å². The predicted octanol–water partition coefficient (Wildman–Crippen LogP) is 3.08. The Morgan fingerprint density at radius 3 is 2.50 bits per heavy atom. The molecular formula is C8H7ClF3O5PS2. The zero-order valence-electron chi connectivity index (χ0n) is 9.35. The molecule has 0 aliphatic heterocycles. The third kappa shape index (κ3) is 5.27. The highest BCUT2D eigenvalue weighted by Gasteiger charge is 2.34. The van der Waals surface area contributed by atoms with Crippen LogP contribution < -0.4 is 0 Å². The molecule has 1 rings (SSSR count). The van der Waals surface area contributed by atoms with Crippen molar-refractivity contribution >= 4 is 41.5 Å². The zero-order valence-corrected chi connectivity index (χ0v) is 12.7. The third-order valence-electron chi connectivity index (χ3n) is 1.74. The lowest BCUT2D eigenvalue weighted by atomic mass is 10.4. The third-order valence-corrected chi connectivity index (χ3v) is 5.06. The lowest BCUT2D eigenvalue weighted by molar-refractivity contribution is -0.0329. The van der Waals surface area contributed by atoms with E-state index in [0.717, 1.165) is 18.2 Å². The van der Waals surface area contributed by atoms with E-state index in [1.807, 2.05) is 0 Å². The summed E-state index contributed by atoms with van der Waals surface area (Å²) in [6, 6.07) is 3.12. The fraction of sp³-hybridized carbons (Fsp3) is 0.250. The molecule has 114 valence electrons. The van der Waals surface area contributed by atoms with E-state index < -0.39 is 56.6 Å². The molecule has 0 saturated carbocycles. The summed E-state index contributed by atoms with van der Waals surface area (Å²) in [4.78, 5) is 6.97. The second-order valence-corrected chi connectivity index (χ2v) is 7.37. The number of halogens is 4. The van der Waals surface area contributed by atoms with Gasteiger partial charge in [-0.2, -0.15) is 21.6 Å². The molecule has 0 aliphatic carbocycles. The van der Waals surface area contributed by atoms with Gasteiger partial charge < -0.3 is 4.89 Å². The molecule has 0 spiro atoms. The Balaban J connectivity index is 3.25. The van der Waals surface area contributed by atoms with Crippen LogP contribution in [-0.2, 0) is 18.9 Å². The van der Waals surface area contributed by atoms with Gasteiger partial charge in [-0.15, -0.1) is 0 Å². The second kappa shape index (κ2) is 6.67. The molecule has 1 N–H and O–H groups in total. The standard InChI is InChI=1S/C8H7ClF3O5PS2/c9-5-2-1-3-6(19-8(10,11)12)7(5)20(15,16)17-4-18(13)14/h1-3,18H,4H2,(H,13,14). The minimum Gasteiger partial charge on any atom is -0.345 e. The van der Waals surface area contributed by atoms with Gasteiger partial charge in [0.2, 0.25) is 8.03 Å². The predicted molar refractivity (Wildman–Crippen MR) is 67.7 cm³/mol. The van der Waals surface area contributed by atoms with Crippen molar-refractivity contribution in [2.24, 2.45) is 0 Å². The zero-order chi connectivity index (χ0) is 15.6. The molecule has 0 radical (unpaired) electrons. The van der Waals surface area contributed by atoms with Crippen LogP contribution in [0.3, 0.4) is 0 Å². The van der Waals surface area contributed by atoms with Gasteiger partial charge in [-0.1, -0.05) is 17.7 Å². The van der Waals surface area contributed by atoms with E-state index >= 15 is 0 Å². The Morgan fingerprint density at radius 1 is 1.40 bits per heavy atom. The second-order valence-electron chi connectivity index (χ2n) is 3.22. The van der Waals surface area contributed by atoms with Crippen LogP contribution in [0.15, 0.2) is 28.0 Å². The highest BCUT2D eigenvalue weighted by Crippen LogP contribution is 2.42. The number of alkyl halides is 3. The van der Waals surface area contributed by atoms with E-state index in [4.69, 9.17) is 16.5 Å². The van der Waals surface area contributed by atoms with Crippen LogP contribution in [0.4, 0.5) is 13.2 Å². The summed E-state index contributed by atoms with van der Waals surface area (Å²) in [7, 11) is -7.93. The topological polar surface area (TPSA) is 80.7 Å². The van der Waals surface area contributed by atoms with E-state index in [1.165, 1.54) is 0 Å². The molecule has 0 aromatic heterocycles. The van der Waals surface area contributed by atoms with Crippen LogP contribution >= 0.6 is 31.4 Å². The quantitative estimate of drug-likeness (QED) is 0.487. The summed E-state index contributed by atoms with van der Waals surface area (Å²) in [5.41, 5.74) is -4.72. The average molecular weight is 371 g/mol. The van der Waals surface area contributed by atoms with Crippen molar-refractivity contribution in [1.82, 2.24) is 0 Å². The molecule has 0 saturated heterocycles. The van der Waals surface area contributed by atoms with E-state index in [2.05, 4.69) is 4.18 Å². The number of benzene rings is 1. The Kier molecular flexibility index (Phi) is 5.94. The number of hydrogen-bond donors (Lipinski definition) is 1. The fourth-order valence-corrected chi connectivity index (χ4v) is 4.43. The number of hydrogen-bond acceptors (Lipinski definition) is 5. The maximum Gasteiger partial charge on any atom is 0.446 e. The smallest absolute Gasteiger partial charge is 0.345 e. The van der Waals surface area contributed by atoms with Gasteiger partial charge in [0.1, 0.15) is 11.2 Å². The monoisotopic (exact) mass is 370 g/mol. The SMILES string of the molecule is O=[PH](O)COS(=O)(=O)c1c(Cl)cccc1SC(F)(F)F. The summed E-state index contributed by atoms with van der Waals surface area (Å²) in [6.45, 7) is 0. The van der Waals surface area contributed by atoms with Crippen LogP contribution in [-0.4, -0.2) is 25.2 Å². The van der Waals surface area contributed by atoms with Crippen LogP contribution in [0, 0.1) is 0 Å². The molecule has 5 nitrogen and oxygen atoms in total. The highest BCUT2D eigenvalue weighted by molar-refractivity contribution is 8.00. The van der Waals surface area contributed by atoms with Gasteiger partial charge in [-0.05, 0) is 23.9 Å². The van der Waals surface area contributed by atoms with Crippen molar-refractivity contribution in [1.29, 1.82) is 0 Å². The summed E-state index contributed by atoms with van der Waals surface area (Å²) < 4.78 is 75.2. The first-order valence-electron chi connectivity index (χ1n) is 4.68. The van der Waals surface area contributed by atoms with E-state index in [9.17, 15) is 26.2 Å². The molecule has 0 amide bonds. The molecular weight excluding hydrogens is 364 g/mol. The summed E-state index contributed by atoms with van der Waals surface area (Å²) in [6.07, 6.45) is -1.03. The molecule has 1 aromatic rings. The molecule has 1 atom stereocenters. The fourth-order valence-electron chi connectivity index (χ4n) is 1.12. The first-order chi connectivity index (χ1) is 9.03. The van der Waals surface area contributed by atoms with Gasteiger partial charge in [0.25, 0.3) is 10.1 Å². The largest absolute Gasteiger partial charge is 0.446 e. The maximum atomic E-state index is 12.4. The van der Waals surface area contributed by atoms with E-state index in [1.54, 1.807) is 0 Å². The van der Waals surface area contributed by atoms with Crippen LogP contribution in [0.2, 0.25) is 5.02 Å². The Bertz CT molecular complexity index is 619. The van der Waals surface area contributed by atoms with Crippen molar-refractivity contribution in [2.75, 3.05) is 6.35 Å². The molecule has 0 bridgehead atoms. The van der Waals surface area contributed by atoms with Gasteiger partial charge in [-0.25, -0.2) is 0 Å². The molecule has 0 fully saturated rings. The van der Waals surface area contributed by atoms with Gasteiger partial charge in [0.05, 0.1) is 5.02 Å². The van der Waals surface area contributed by atoms with Crippen molar-refractivity contribution in [3.05, 3.63) is 23.2 Å². The maximum absolute atomic E-state index is 12.4. The molecule has 0 heterocycles. The minimum atomic E-state index is -4.72. The van der Waals surface area contributed by atoms with Crippen molar-refractivity contribution < 1.29 is 35.2 Å². The molecule has 1 unspecified atom stereocenters. The van der Waals surface area contributed by atoms with Gasteiger partial charge in [-0.3, -0.25) is 8.75 Å². The normalized spacial score (nSPS) is 14.2. The lowest BCUT2D eigenvalue weighted by Crippen LogP contribution is -2.10. The molecule has 20 heavy (non-hydrogen) atoms. The van der Waals surface area contributed by atoms with Gasteiger partial charge in [0, 0.05) is 4.90 Å². The Labute approximate surface area is 122 Å². The molecule has 1 aromatic carbocycles. The van der Waals surface area contributed by atoms with Crippen molar-refractivity contribution in [3.8, 4) is 0 Å². The first-order valence-corrected chi connectivity index (χ1v) is 8.85. The van der Waals surface area contributed by atoms with Crippen LogP contribution in [0.5, 0.6) is 0 Å². The summed E-state index contributed by atoms with van der Waals surface area (Å²) in [5, 5.41) is -0.475. The molecule has 0 aliphatic rings.